The van der Waals surface area contributed by atoms with Gasteiger partial charge in [-0.3, -0.25) is 9.69 Å². The Morgan fingerprint density at radius 3 is 2.43 bits per heavy atom. The molecule has 1 amide bonds. The van der Waals surface area contributed by atoms with E-state index in [0.29, 0.717) is 31.0 Å². The van der Waals surface area contributed by atoms with Gasteiger partial charge in [0, 0.05) is 18.4 Å². The lowest BCUT2D eigenvalue weighted by Gasteiger charge is -2.40. The number of hydrogen-bond acceptors (Lipinski definition) is 4. The van der Waals surface area contributed by atoms with E-state index in [1.54, 1.807) is 0 Å². The molecule has 0 radical (unpaired) electrons. The van der Waals surface area contributed by atoms with Crippen LogP contribution in [0.15, 0.2) is 12.4 Å². The molecule has 2 saturated heterocycles. The number of halogens is 3. The quantitative estimate of drug-likeness (QED) is 0.856. The van der Waals surface area contributed by atoms with Gasteiger partial charge in [0.15, 0.2) is 11.5 Å². The third kappa shape index (κ3) is 2.22. The first-order valence-electron chi connectivity index (χ1n) is 7.80. The molecule has 1 aromatic rings. The molecule has 8 heteroatoms. The van der Waals surface area contributed by atoms with Crippen LogP contribution in [0.25, 0.3) is 0 Å². The minimum atomic E-state index is -4.52. The van der Waals surface area contributed by atoms with Crippen LogP contribution in [0.4, 0.5) is 19.0 Å². The summed E-state index contributed by atoms with van der Waals surface area (Å²) in [6.07, 6.45) is -0.0784. The van der Waals surface area contributed by atoms with E-state index in [2.05, 4.69) is 15.3 Å². The molecular formula is C15H17F3N4O. The molecule has 4 rings (SSSR count). The maximum absolute atomic E-state index is 12.6. The van der Waals surface area contributed by atoms with E-state index in [1.165, 1.54) is 4.90 Å². The molecule has 3 fully saturated rings. The summed E-state index contributed by atoms with van der Waals surface area (Å²) in [5, 5.41) is 3.41. The lowest BCUT2D eigenvalue weighted by atomic mass is 9.69. The maximum atomic E-state index is 12.6. The number of nitrogens with one attached hydrogen (secondary N) is 1. The molecule has 1 spiro atoms. The fourth-order valence-electron chi connectivity index (χ4n) is 4.53. The zero-order valence-electron chi connectivity index (χ0n) is 12.4. The Hall–Kier alpha value is -1.70. The summed E-state index contributed by atoms with van der Waals surface area (Å²) in [7, 11) is 0. The molecule has 1 N–H and O–H groups in total. The van der Waals surface area contributed by atoms with E-state index in [-0.39, 0.29) is 17.1 Å². The average molecular weight is 326 g/mol. The first-order valence-corrected chi connectivity index (χ1v) is 7.80. The predicted octanol–water partition coefficient (Wildman–Crippen LogP) is 1.85. The third-order valence-corrected chi connectivity index (χ3v) is 5.71. The van der Waals surface area contributed by atoms with Crippen LogP contribution in [0, 0.1) is 17.3 Å². The van der Waals surface area contributed by atoms with Crippen molar-refractivity contribution in [1.82, 2.24) is 15.3 Å². The van der Waals surface area contributed by atoms with Gasteiger partial charge >= 0.3 is 6.18 Å². The highest BCUT2D eigenvalue weighted by Crippen LogP contribution is 2.55. The smallest absolute Gasteiger partial charge is 0.316 e. The molecule has 1 aromatic heterocycles. The van der Waals surface area contributed by atoms with Crippen molar-refractivity contribution in [1.29, 1.82) is 0 Å². The second kappa shape index (κ2) is 4.90. The number of amides is 1. The van der Waals surface area contributed by atoms with E-state index >= 15 is 0 Å². The monoisotopic (exact) mass is 326 g/mol. The molecule has 0 aromatic carbocycles. The Balaban J connectivity index is 1.60. The van der Waals surface area contributed by atoms with Gasteiger partial charge in [0.2, 0.25) is 5.91 Å². The van der Waals surface area contributed by atoms with Crippen LogP contribution in [0.1, 0.15) is 25.0 Å². The molecule has 23 heavy (non-hydrogen) atoms. The van der Waals surface area contributed by atoms with Crippen molar-refractivity contribution < 1.29 is 18.0 Å². The summed E-state index contributed by atoms with van der Waals surface area (Å²) < 4.78 is 37.7. The molecule has 2 unspecified atom stereocenters. The standard InChI is InChI=1S/C15H17F3N4O/c16-15(17,18)11-6-21-12(7-20-11)22-8-14(3-13(22)23)9-1-2-10(14)5-19-4-9/h6-7,9-10,19H,1-5,8H2. The summed E-state index contributed by atoms with van der Waals surface area (Å²) in [6.45, 7) is 2.37. The number of rotatable bonds is 1. The SMILES string of the molecule is O=C1CC2(CN1c1cnc(C(F)(F)F)cn1)C1CCC2CNC1. The number of carbonyl (C=O) groups excluding carboxylic acids is 1. The van der Waals surface area contributed by atoms with Crippen LogP contribution in [-0.2, 0) is 11.0 Å². The lowest BCUT2D eigenvalue weighted by molar-refractivity contribution is -0.141. The molecule has 2 aliphatic heterocycles. The number of hydrogen-bond donors (Lipinski definition) is 1. The number of anilines is 1. The molecular weight excluding hydrogens is 309 g/mol. The van der Waals surface area contributed by atoms with Crippen LogP contribution in [-0.4, -0.2) is 35.5 Å². The second-order valence-corrected chi connectivity index (χ2v) is 6.78. The Bertz CT molecular complexity index is 615. The lowest BCUT2D eigenvalue weighted by Crippen LogP contribution is -2.48. The number of nitrogens with zero attached hydrogens (tertiary/aromatic N) is 3. The van der Waals surface area contributed by atoms with E-state index < -0.39 is 11.9 Å². The number of aromatic nitrogens is 2. The van der Waals surface area contributed by atoms with Crippen molar-refractivity contribution in [2.45, 2.75) is 25.4 Å². The topological polar surface area (TPSA) is 58.1 Å². The molecule has 2 atom stereocenters. The van der Waals surface area contributed by atoms with Gasteiger partial charge < -0.3 is 5.32 Å². The molecule has 1 saturated carbocycles. The highest BCUT2D eigenvalue weighted by atomic mass is 19.4. The van der Waals surface area contributed by atoms with Crippen LogP contribution < -0.4 is 10.2 Å². The summed E-state index contributed by atoms with van der Waals surface area (Å²) in [4.78, 5) is 21.2. The van der Waals surface area contributed by atoms with Crippen molar-refractivity contribution in [3.05, 3.63) is 18.1 Å². The minimum Gasteiger partial charge on any atom is -0.316 e. The normalized spacial score (nSPS) is 33.7. The van der Waals surface area contributed by atoms with E-state index in [9.17, 15) is 18.0 Å². The van der Waals surface area contributed by atoms with E-state index in [4.69, 9.17) is 0 Å². The number of piperidine rings is 1. The summed E-state index contributed by atoms with van der Waals surface area (Å²) >= 11 is 0. The Morgan fingerprint density at radius 2 is 1.87 bits per heavy atom. The first kappa shape index (κ1) is 14.9. The van der Waals surface area contributed by atoms with Crippen molar-refractivity contribution >= 4 is 11.7 Å². The van der Waals surface area contributed by atoms with Gasteiger partial charge in [-0.1, -0.05) is 0 Å². The third-order valence-electron chi connectivity index (χ3n) is 5.71. The zero-order valence-corrected chi connectivity index (χ0v) is 12.4. The van der Waals surface area contributed by atoms with Crippen molar-refractivity contribution in [2.24, 2.45) is 17.3 Å². The van der Waals surface area contributed by atoms with Crippen molar-refractivity contribution in [3.63, 3.8) is 0 Å². The minimum absolute atomic E-state index is 0.0489. The van der Waals surface area contributed by atoms with Gasteiger partial charge in [0.1, 0.15) is 0 Å². The first-order chi connectivity index (χ1) is 10.9. The Kier molecular flexibility index (Phi) is 3.16. The van der Waals surface area contributed by atoms with Crippen molar-refractivity contribution in [2.75, 3.05) is 24.5 Å². The van der Waals surface area contributed by atoms with Crippen LogP contribution in [0.3, 0.4) is 0 Å². The predicted molar refractivity (Wildman–Crippen MR) is 75.5 cm³/mol. The molecule has 5 nitrogen and oxygen atoms in total. The van der Waals surface area contributed by atoms with Gasteiger partial charge in [-0.25, -0.2) is 9.97 Å². The van der Waals surface area contributed by atoms with E-state index in [0.717, 1.165) is 32.1 Å². The Morgan fingerprint density at radius 1 is 1.17 bits per heavy atom. The highest BCUT2D eigenvalue weighted by molar-refractivity contribution is 5.95. The average Bonchev–Trinajstić information content (AvgIpc) is 2.89. The highest BCUT2D eigenvalue weighted by Gasteiger charge is 2.57. The van der Waals surface area contributed by atoms with Gasteiger partial charge in [-0.05, 0) is 37.8 Å². The molecule has 124 valence electrons. The second-order valence-electron chi connectivity index (χ2n) is 6.78. The van der Waals surface area contributed by atoms with Crippen molar-refractivity contribution in [3.8, 4) is 0 Å². The Labute approximate surface area is 131 Å². The fourth-order valence-corrected chi connectivity index (χ4v) is 4.53. The van der Waals surface area contributed by atoms with Crippen LogP contribution in [0.2, 0.25) is 0 Å². The maximum Gasteiger partial charge on any atom is 0.434 e. The largest absolute Gasteiger partial charge is 0.434 e. The number of alkyl halides is 3. The summed E-state index contributed by atoms with van der Waals surface area (Å²) in [6, 6.07) is 0. The molecule has 3 aliphatic rings. The summed E-state index contributed by atoms with van der Waals surface area (Å²) in [5.41, 5.74) is -1.09. The molecule has 3 heterocycles. The summed E-state index contributed by atoms with van der Waals surface area (Å²) in [5.74, 6) is 1.07. The van der Waals surface area contributed by atoms with E-state index in [1.807, 2.05) is 0 Å². The van der Waals surface area contributed by atoms with Crippen LogP contribution >= 0.6 is 0 Å². The number of carbonyl (C=O) groups is 1. The van der Waals surface area contributed by atoms with Gasteiger partial charge in [-0.2, -0.15) is 13.2 Å². The van der Waals surface area contributed by atoms with Crippen LogP contribution in [0.5, 0.6) is 0 Å². The fraction of sp³-hybridized carbons (Fsp3) is 0.667. The van der Waals surface area contributed by atoms with Gasteiger partial charge in [0.25, 0.3) is 0 Å². The zero-order chi connectivity index (χ0) is 16.2. The molecule has 2 bridgehead atoms. The molecule has 1 aliphatic carbocycles. The van der Waals surface area contributed by atoms with Gasteiger partial charge in [0.05, 0.1) is 12.4 Å². The van der Waals surface area contributed by atoms with Gasteiger partial charge in [-0.15, -0.1) is 0 Å².